The van der Waals surface area contributed by atoms with E-state index in [0.717, 1.165) is 0 Å². The number of hydrogen-bond acceptors (Lipinski definition) is 4. The van der Waals surface area contributed by atoms with E-state index < -0.39 is 11.9 Å². The molecule has 0 aromatic carbocycles. The van der Waals surface area contributed by atoms with Gasteiger partial charge in [-0.15, -0.1) is 0 Å². The zero-order valence-electron chi connectivity index (χ0n) is 12.9. The van der Waals surface area contributed by atoms with Crippen LogP contribution in [0.15, 0.2) is 0 Å². The van der Waals surface area contributed by atoms with Crippen LogP contribution in [0.2, 0.25) is 0 Å². The molecule has 0 unspecified atom stereocenters. The van der Waals surface area contributed by atoms with Crippen molar-refractivity contribution >= 4 is 11.9 Å². The van der Waals surface area contributed by atoms with Gasteiger partial charge in [-0.1, -0.05) is 64.2 Å². The van der Waals surface area contributed by atoms with Gasteiger partial charge >= 0.3 is 11.9 Å². The molecule has 7 heteroatoms. The van der Waals surface area contributed by atoms with Crippen LogP contribution in [-0.2, 0) is 31.3 Å². The van der Waals surface area contributed by atoms with Crippen LogP contribution >= 0.6 is 0 Å². The largest absolute Gasteiger partial charge is 0.480 e. The molecule has 2 saturated carbocycles. The molecule has 0 heterocycles. The Hall–Kier alpha value is -0.426. The minimum absolute atomic E-state index is 0. The summed E-state index contributed by atoms with van der Waals surface area (Å²) in [4.78, 5) is 18.5. The molecule has 0 aliphatic heterocycles. The average Bonchev–Trinajstić information content (AvgIpc) is 3.16. The first-order chi connectivity index (χ1) is 9.54. The van der Waals surface area contributed by atoms with Gasteiger partial charge in [0.2, 0.25) is 0 Å². The molecular formula is C14H30N2O4Ti. The van der Waals surface area contributed by atoms with E-state index in [1.54, 1.807) is 0 Å². The van der Waals surface area contributed by atoms with Gasteiger partial charge < -0.3 is 21.7 Å². The van der Waals surface area contributed by atoms with Crippen molar-refractivity contribution in [1.82, 2.24) is 0 Å². The van der Waals surface area contributed by atoms with E-state index >= 15 is 0 Å². The number of carboxylic acid groups (broad SMARTS) is 2. The Bertz CT molecular complexity index is 194. The summed E-state index contributed by atoms with van der Waals surface area (Å²) in [5, 5.41) is 15.2. The summed E-state index contributed by atoms with van der Waals surface area (Å²) < 4.78 is 0. The zero-order valence-corrected chi connectivity index (χ0v) is 14.4. The minimum atomic E-state index is -0.968. The van der Waals surface area contributed by atoms with Crippen molar-refractivity contribution < 1.29 is 41.5 Å². The Morgan fingerprint density at radius 3 is 0.762 bits per heavy atom. The summed E-state index contributed by atoms with van der Waals surface area (Å²) >= 11 is 0. The van der Waals surface area contributed by atoms with E-state index in [2.05, 4.69) is 11.5 Å². The number of nitrogens with two attached hydrogens (primary N) is 2. The Kier molecular flexibility index (Phi) is 26.6. The first-order valence-corrected chi connectivity index (χ1v) is 7.38. The van der Waals surface area contributed by atoms with Crippen LogP contribution in [0.5, 0.6) is 0 Å². The molecule has 2 aliphatic rings. The van der Waals surface area contributed by atoms with Crippen molar-refractivity contribution in [3.63, 3.8) is 0 Å². The van der Waals surface area contributed by atoms with Crippen molar-refractivity contribution in [2.45, 2.75) is 64.2 Å². The molecule has 6 nitrogen and oxygen atoms in total. The fraction of sp³-hybridized carbons (Fsp3) is 0.857. The monoisotopic (exact) mass is 338 g/mol. The van der Waals surface area contributed by atoms with Crippen LogP contribution in [0, 0.1) is 0 Å². The van der Waals surface area contributed by atoms with E-state index in [0.29, 0.717) is 0 Å². The first kappa shape index (κ1) is 25.5. The molecule has 6 N–H and O–H groups in total. The molecule has 0 aromatic rings. The van der Waals surface area contributed by atoms with Gasteiger partial charge in [0.1, 0.15) is 0 Å². The number of rotatable bonds is 2. The predicted molar refractivity (Wildman–Crippen MR) is 79.6 cm³/mol. The molecule has 2 rings (SSSR count). The third kappa shape index (κ3) is 32.8. The van der Waals surface area contributed by atoms with Crippen LogP contribution in [-0.4, -0.2) is 35.2 Å². The second kappa shape index (κ2) is 21.9. The van der Waals surface area contributed by atoms with E-state index in [4.69, 9.17) is 10.2 Å². The molecule has 0 aromatic heterocycles. The Morgan fingerprint density at radius 1 is 0.619 bits per heavy atom. The average molecular weight is 338 g/mol. The summed E-state index contributed by atoms with van der Waals surface area (Å²) in [6.07, 6.45) is 15.0. The van der Waals surface area contributed by atoms with E-state index in [9.17, 15) is 9.59 Å². The molecule has 2 fully saturated rings. The van der Waals surface area contributed by atoms with Crippen LogP contribution in [0.1, 0.15) is 64.2 Å². The molecule has 0 saturated heterocycles. The molecule has 0 amide bonds. The predicted octanol–water partition coefficient (Wildman–Crippen LogP) is 1.96. The number of aliphatic carboxylic acids is 2. The summed E-state index contributed by atoms with van der Waals surface area (Å²) in [5.41, 5.74) is 9.14. The second-order valence-electron chi connectivity index (χ2n) is 4.73. The maximum Gasteiger partial charge on any atom is 0.317 e. The fourth-order valence-corrected chi connectivity index (χ4v) is 1.77. The Labute approximate surface area is 142 Å². The number of carbonyl (C=O) groups is 2. The van der Waals surface area contributed by atoms with Crippen molar-refractivity contribution in [3.05, 3.63) is 0 Å². The fourth-order valence-electron chi connectivity index (χ4n) is 1.77. The van der Waals surface area contributed by atoms with Crippen LogP contribution in [0.25, 0.3) is 0 Å². The van der Waals surface area contributed by atoms with Crippen LogP contribution in [0.3, 0.4) is 0 Å². The maximum atomic E-state index is 9.24. The van der Waals surface area contributed by atoms with Crippen LogP contribution in [0.4, 0.5) is 0 Å². The van der Waals surface area contributed by atoms with Crippen molar-refractivity contribution in [2.75, 3.05) is 13.1 Å². The van der Waals surface area contributed by atoms with Crippen molar-refractivity contribution in [3.8, 4) is 0 Å². The molecule has 0 radical (unpaired) electrons. The van der Waals surface area contributed by atoms with Gasteiger partial charge in [-0.2, -0.15) is 0 Å². The zero-order chi connectivity index (χ0) is 15.6. The van der Waals surface area contributed by atoms with E-state index in [1.807, 2.05) is 0 Å². The summed E-state index contributed by atoms with van der Waals surface area (Å²) in [6.45, 7) is -0.556. The summed E-state index contributed by atoms with van der Waals surface area (Å²) in [6, 6.07) is 0. The van der Waals surface area contributed by atoms with Gasteiger partial charge in [0, 0.05) is 21.7 Å². The number of hydrogen-bond donors (Lipinski definition) is 4. The second-order valence-corrected chi connectivity index (χ2v) is 4.73. The van der Waals surface area contributed by atoms with Gasteiger partial charge in [-0.05, 0) is 0 Å². The van der Waals surface area contributed by atoms with Gasteiger partial charge in [-0.3, -0.25) is 9.59 Å². The van der Waals surface area contributed by atoms with Crippen molar-refractivity contribution in [2.24, 2.45) is 11.5 Å². The molecular weight excluding hydrogens is 308 g/mol. The van der Waals surface area contributed by atoms with Gasteiger partial charge in [-0.25, -0.2) is 0 Å². The Balaban J connectivity index is -0.000000202. The standard InChI is InChI=1S/2C5H10.2C2H5NO2.Ti/c2*1-2-4-5-3-1;2*3-1-2(4)5;/h2*1-5H2;2*1,3H2,(H,4,5);. The first-order valence-electron chi connectivity index (χ1n) is 7.38. The third-order valence-corrected chi connectivity index (χ3v) is 2.85. The maximum absolute atomic E-state index is 9.24. The Morgan fingerprint density at radius 2 is 0.714 bits per heavy atom. The molecule has 0 atom stereocenters. The third-order valence-electron chi connectivity index (χ3n) is 2.85. The quantitative estimate of drug-likeness (QED) is 0.570. The van der Waals surface area contributed by atoms with E-state index in [-0.39, 0.29) is 34.8 Å². The molecule has 0 spiro atoms. The van der Waals surface area contributed by atoms with Gasteiger partial charge in [0.15, 0.2) is 0 Å². The SMILES string of the molecule is C1CCCC1.C1CCCC1.NCC(=O)O.NCC(=O)O.[Ti]. The molecule has 0 bridgehead atoms. The molecule has 2 aliphatic carbocycles. The van der Waals surface area contributed by atoms with E-state index in [1.165, 1.54) is 64.2 Å². The smallest absolute Gasteiger partial charge is 0.317 e. The van der Waals surface area contributed by atoms with Crippen molar-refractivity contribution in [1.29, 1.82) is 0 Å². The van der Waals surface area contributed by atoms with Gasteiger partial charge in [0.05, 0.1) is 13.1 Å². The number of carboxylic acids is 2. The normalized spacial score (nSPS) is 15.0. The minimum Gasteiger partial charge on any atom is -0.480 e. The summed E-state index contributed by atoms with van der Waals surface area (Å²) in [5.74, 6) is -1.94. The molecule has 21 heavy (non-hydrogen) atoms. The van der Waals surface area contributed by atoms with Crippen LogP contribution < -0.4 is 11.5 Å². The summed E-state index contributed by atoms with van der Waals surface area (Å²) in [7, 11) is 0. The topological polar surface area (TPSA) is 127 Å². The molecule has 124 valence electrons. The van der Waals surface area contributed by atoms with Gasteiger partial charge in [0.25, 0.3) is 0 Å².